The zero-order chi connectivity index (χ0) is 13.4. The number of rotatable bonds is 1. The first kappa shape index (κ1) is 12.6. The van der Waals surface area contributed by atoms with E-state index in [0.717, 1.165) is 44.2 Å². The molecule has 0 heterocycles. The number of urea groups is 1. The van der Waals surface area contributed by atoms with Crippen molar-refractivity contribution in [2.45, 2.75) is 38.5 Å². The molecule has 19 heavy (non-hydrogen) atoms. The van der Waals surface area contributed by atoms with Gasteiger partial charge in [0.25, 0.3) is 0 Å². The first-order valence-corrected chi connectivity index (χ1v) is 7.84. The van der Waals surface area contributed by atoms with Gasteiger partial charge in [0.05, 0.1) is 0 Å². The molecule has 2 aliphatic carbocycles. The van der Waals surface area contributed by atoms with Crippen LogP contribution in [0, 0.1) is 0 Å². The molecule has 0 aliphatic heterocycles. The number of benzene rings is 1. The summed E-state index contributed by atoms with van der Waals surface area (Å²) in [6, 6.07) is 1.69. The molecule has 0 fully saturated rings. The van der Waals surface area contributed by atoms with Gasteiger partial charge < -0.3 is 5.32 Å². The lowest BCUT2D eigenvalue weighted by atomic mass is 9.99. The molecule has 102 valence electrons. The van der Waals surface area contributed by atoms with Crippen LogP contribution in [0.2, 0.25) is 0 Å². The molecule has 3 rings (SSSR count). The second-order valence-electron chi connectivity index (χ2n) is 5.07. The van der Waals surface area contributed by atoms with Crippen molar-refractivity contribution < 1.29 is 9.00 Å². The van der Waals surface area contributed by atoms with Crippen molar-refractivity contribution in [3.8, 4) is 0 Å². The van der Waals surface area contributed by atoms with E-state index in [1.807, 2.05) is 0 Å². The molecule has 1 atom stereocenters. The number of nitrogens with two attached hydrogens (primary N) is 1. The zero-order valence-electron chi connectivity index (χ0n) is 10.6. The molecular formula is C13H17N3O2S. The Morgan fingerprint density at radius 2 is 1.74 bits per heavy atom. The van der Waals surface area contributed by atoms with Crippen LogP contribution in [0.5, 0.6) is 0 Å². The fourth-order valence-corrected chi connectivity index (χ4v) is 3.42. The number of anilines is 1. The molecule has 0 spiro atoms. The lowest BCUT2D eigenvalue weighted by molar-refractivity contribution is 0.260. The topological polar surface area (TPSA) is 84.6 Å². The van der Waals surface area contributed by atoms with Crippen LogP contribution in [0.15, 0.2) is 10.4 Å². The normalized spacial score (nSPS) is 18.2. The maximum absolute atomic E-state index is 11.7. The van der Waals surface area contributed by atoms with E-state index in [9.17, 15) is 9.00 Å². The second-order valence-corrected chi connectivity index (χ2v) is 5.87. The van der Waals surface area contributed by atoms with Crippen molar-refractivity contribution in [1.29, 1.82) is 0 Å². The first-order valence-electron chi connectivity index (χ1n) is 6.56. The van der Waals surface area contributed by atoms with Crippen LogP contribution in [-0.4, -0.2) is 10.2 Å². The summed E-state index contributed by atoms with van der Waals surface area (Å²) in [5.41, 5.74) is 6.06. The minimum absolute atomic E-state index is 0.599. The summed E-state index contributed by atoms with van der Waals surface area (Å²) in [5.74, 6) is 0. The predicted octanol–water partition coefficient (Wildman–Crippen LogP) is 1.73. The van der Waals surface area contributed by atoms with Gasteiger partial charge in [-0.05, 0) is 60.8 Å². The van der Waals surface area contributed by atoms with Crippen LogP contribution >= 0.6 is 0 Å². The largest absolute Gasteiger partial charge is 0.354 e. The summed E-state index contributed by atoms with van der Waals surface area (Å²) in [7, 11) is -2.28. The molecule has 0 bridgehead atoms. The Bertz CT molecular complexity index is 601. The second kappa shape index (κ2) is 4.94. The van der Waals surface area contributed by atoms with E-state index in [1.54, 1.807) is 0 Å². The van der Waals surface area contributed by atoms with Crippen molar-refractivity contribution in [1.82, 2.24) is 0 Å². The number of thiol groups is 1. The molecule has 1 unspecified atom stereocenters. The summed E-state index contributed by atoms with van der Waals surface area (Å²) in [6.07, 6.45) is 6.40. The number of fused-ring (bicyclic) bond motifs is 2. The predicted molar refractivity (Wildman–Crippen MR) is 75.7 cm³/mol. The summed E-state index contributed by atoms with van der Waals surface area (Å²) >= 11 is 0. The van der Waals surface area contributed by atoms with E-state index >= 15 is 0 Å². The van der Waals surface area contributed by atoms with Gasteiger partial charge in [-0.2, -0.15) is 0 Å². The summed E-state index contributed by atoms with van der Waals surface area (Å²) < 4.78 is 14.2. The van der Waals surface area contributed by atoms with Gasteiger partial charge in [0.1, 0.15) is 10.8 Å². The quantitative estimate of drug-likeness (QED) is 0.684. The summed E-state index contributed by atoms with van der Waals surface area (Å²) in [4.78, 5) is 11.7. The number of amides is 2. The molecule has 6 heteroatoms. The Hall–Kier alpha value is -1.40. The molecular weight excluding hydrogens is 262 g/mol. The smallest absolute Gasteiger partial charge is 0.305 e. The van der Waals surface area contributed by atoms with Gasteiger partial charge in [-0.3, -0.25) is 0 Å². The highest BCUT2D eigenvalue weighted by atomic mass is 32.2. The number of carbonyl (C=O) groups excluding carboxylic acids is 1. The van der Waals surface area contributed by atoms with E-state index < -0.39 is 16.8 Å². The standard InChI is InChI=1S/C13H17N3O2S/c14-19(18)16-13(17)15-12-10-5-1-3-8(10)7-9-4-2-6-11(9)12/h7,19H,1-6H2,(H3,14,15,16,17,18). The van der Waals surface area contributed by atoms with E-state index in [2.05, 4.69) is 15.7 Å². The Morgan fingerprint density at radius 1 is 1.16 bits per heavy atom. The fraction of sp³-hybridized carbons (Fsp3) is 0.462. The van der Waals surface area contributed by atoms with Crippen molar-refractivity contribution in [3.05, 3.63) is 28.3 Å². The molecule has 2 aliphatic rings. The Balaban J connectivity index is 2.03. The van der Waals surface area contributed by atoms with Gasteiger partial charge in [0.2, 0.25) is 0 Å². The average molecular weight is 279 g/mol. The molecule has 1 aromatic rings. The third-order valence-corrected chi connectivity index (χ3v) is 4.27. The highest BCUT2D eigenvalue weighted by molar-refractivity contribution is 7.72. The van der Waals surface area contributed by atoms with Crippen LogP contribution < -0.4 is 10.5 Å². The Kier molecular flexibility index (Phi) is 3.28. The Labute approximate surface area is 113 Å². The van der Waals surface area contributed by atoms with Gasteiger partial charge in [0, 0.05) is 5.69 Å². The maximum Gasteiger partial charge on any atom is 0.354 e. The van der Waals surface area contributed by atoms with Gasteiger partial charge in [-0.15, -0.1) is 4.36 Å². The molecule has 5 nitrogen and oxygen atoms in total. The summed E-state index contributed by atoms with van der Waals surface area (Å²) in [6.45, 7) is 0. The molecule has 3 N–H and O–H groups in total. The highest BCUT2D eigenvalue weighted by Crippen LogP contribution is 2.38. The SMILES string of the molecule is N/[SH](=O)=N\C(=O)Nc1c2c(cc3c1CCC3)CCC2. The van der Waals surface area contributed by atoms with Gasteiger partial charge >= 0.3 is 6.03 Å². The van der Waals surface area contributed by atoms with Crippen LogP contribution in [0.3, 0.4) is 0 Å². The third-order valence-electron chi connectivity index (χ3n) is 3.89. The molecule has 0 radical (unpaired) electrons. The van der Waals surface area contributed by atoms with E-state index in [0.29, 0.717) is 0 Å². The van der Waals surface area contributed by atoms with Crippen molar-refractivity contribution >= 4 is 22.5 Å². The third kappa shape index (κ3) is 2.37. The molecule has 2 amide bonds. The van der Waals surface area contributed by atoms with E-state index in [1.165, 1.54) is 22.3 Å². The number of hydrogen-bond donors (Lipinski definition) is 3. The molecule has 0 saturated carbocycles. The molecule has 1 aromatic carbocycles. The minimum atomic E-state index is -2.28. The molecule has 0 aromatic heterocycles. The highest BCUT2D eigenvalue weighted by Gasteiger charge is 2.24. The van der Waals surface area contributed by atoms with Crippen molar-refractivity contribution in [2.75, 3.05) is 5.32 Å². The first-order chi connectivity index (χ1) is 9.15. The maximum atomic E-state index is 11.7. The van der Waals surface area contributed by atoms with Gasteiger partial charge in [0.15, 0.2) is 0 Å². The van der Waals surface area contributed by atoms with Crippen LogP contribution in [-0.2, 0) is 36.5 Å². The van der Waals surface area contributed by atoms with Gasteiger partial charge in [-0.1, -0.05) is 6.07 Å². The number of nitrogens with one attached hydrogen (secondary N) is 1. The van der Waals surface area contributed by atoms with Crippen molar-refractivity contribution in [3.63, 3.8) is 0 Å². The number of aryl methyl sites for hydroxylation is 2. The minimum Gasteiger partial charge on any atom is -0.305 e. The zero-order valence-corrected chi connectivity index (χ0v) is 11.5. The van der Waals surface area contributed by atoms with E-state index in [-0.39, 0.29) is 0 Å². The molecule has 0 saturated heterocycles. The average Bonchev–Trinajstić information content (AvgIpc) is 2.94. The Morgan fingerprint density at radius 3 is 2.26 bits per heavy atom. The number of nitrogens with zero attached hydrogens (tertiary/aromatic N) is 1. The van der Waals surface area contributed by atoms with Crippen LogP contribution in [0.4, 0.5) is 10.5 Å². The number of carbonyl (C=O) groups is 1. The fourth-order valence-electron chi connectivity index (χ4n) is 3.19. The van der Waals surface area contributed by atoms with Crippen LogP contribution in [0.1, 0.15) is 35.1 Å². The van der Waals surface area contributed by atoms with Crippen molar-refractivity contribution in [2.24, 2.45) is 9.50 Å². The van der Waals surface area contributed by atoms with Gasteiger partial charge in [-0.25, -0.2) is 14.1 Å². The van der Waals surface area contributed by atoms with E-state index in [4.69, 9.17) is 5.14 Å². The monoisotopic (exact) mass is 279 g/mol. The number of hydrogen-bond acceptors (Lipinski definition) is 2. The lowest BCUT2D eigenvalue weighted by Crippen LogP contribution is -2.12. The lowest BCUT2D eigenvalue weighted by Gasteiger charge is -2.14. The van der Waals surface area contributed by atoms with Crippen LogP contribution in [0.25, 0.3) is 0 Å². The summed E-state index contributed by atoms with van der Waals surface area (Å²) in [5, 5.41) is 7.86.